The summed E-state index contributed by atoms with van der Waals surface area (Å²) in [5.74, 6) is -0.557. The standard InChI is InChI=1S/C18H19NO3/c1-12-7-5-6-8-14(12)17(21)22-19-13-9-10-16(20)15(11-13)18(2,3)4/h5-11H,1-4H3/b19-13-. The van der Waals surface area contributed by atoms with Crippen LogP contribution in [0.15, 0.2) is 53.2 Å². The molecule has 0 aliphatic heterocycles. The predicted molar refractivity (Wildman–Crippen MR) is 85.7 cm³/mol. The zero-order chi connectivity index (χ0) is 16.3. The molecule has 1 aromatic carbocycles. The summed E-state index contributed by atoms with van der Waals surface area (Å²) in [4.78, 5) is 28.9. The van der Waals surface area contributed by atoms with E-state index in [4.69, 9.17) is 4.84 Å². The van der Waals surface area contributed by atoms with Gasteiger partial charge in [0.1, 0.15) is 5.71 Å². The minimum atomic E-state index is -0.512. The Kier molecular flexibility index (Phi) is 4.40. The number of hydrogen-bond acceptors (Lipinski definition) is 4. The van der Waals surface area contributed by atoms with Crippen molar-refractivity contribution in [1.82, 2.24) is 0 Å². The van der Waals surface area contributed by atoms with Crippen LogP contribution in [0.2, 0.25) is 0 Å². The maximum absolute atomic E-state index is 12.0. The van der Waals surface area contributed by atoms with Gasteiger partial charge in [-0.15, -0.1) is 0 Å². The average Bonchev–Trinajstić information content (AvgIpc) is 2.45. The molecule has 4 heteroatoms. The molecule has 22 heavy (non-hydrogen) atoms. The van der Waals surface area contributed by atoms with E-state index in [1.54, 1.807) is 24.3 Å². The summed E-state index contributed by atoms with van der Waals surface area (Å²) >= 11 is 0. The largest absolute Gasteiger partial charge is 0.366 e. The van der Waals surface area contributed by atoms with Gasteiger partial charge in [-0.2, -0.15) is 0 Å². The van der Waals surface area contributed by atoms with E-state index in [0.717, 1.165) is 5.56 Å². The number of allylic oxidation sites excluding steroid dienone is 4. The first-order valence-electron chi connectivity index (χ1n) is 7.08. The van der Waals surface area contributed by atoms with Gasteiger partial charge in [-0.1, -0.05) is 44.1 Å². The van der Waals surface area contributed by atoms with Crippen molar-refractivity contribution in [3.8, 4) is 0 Å². The van der Waals surface area contributed by atoms with Crippen molar-refractivity contribution in [2.45, 2.75) is 27.7 Å². The van der Waals surface area contributed by atoms with E-state index in [0.29, 0.717) is 16.8 Å². The fourth-order valence-corrected chi connectivity index (χ4v) is 2.11. The number of aryl methyl sites for hydroxylation is 1. The molecule has 2 rings (SSSR count). The van der Waals surface area contributed by atoms with Crippen molar-refractivity contribution in [3.05, 3.63) is 59.2 Å². The smallest absolute Gasteiger partial charge is 0.312 e. The van der Waals surface area contributed by atoms with Gasteiger partial charge >= 0.3 is 5.97 Å². The molecule has 0 N–H and O–H groups in total. The van der Waals surface area contributed by atoms with E-state index < -0.39 is 5.97 Å². The Morgan fingerprint density at radius 1 is 1.14 bits per heavy atom. The normalized spacial score (nSPS) is 16.6. The first kappa shape index (κ1) is 15.9. The van der Waals surface area contributed by atoms with Crippen LogP contribution in [0.5, 0.6) is 0 Å². The maximum Gasteiger partial charge on any atom is 0.366 e. The predicted octanol–water partition coefficient (Wildman–Crippen LogP) is 3.62. The van der Waals surface area contributed by atoms with Crippen LogP contribution in [0.3, 0.4) is 0 Å². The van der Waals surface area contributed by atoms with Crippen LogP contribution < -0.4 is 0 Å². The molecule has 0 heterocycles. The summed E-state index contributed by atoms with van der Waals surface area (Å²) in [5.41, 5.74) is 2.10. The number of carbonyl (C=O) groups is 2. The van der Waals surface area contributed by atoms with Gasteiger partial charge in [0.05, 0.1) is 5.56 Å². The van der Waals surface area contributed by atoms with Crippen LogP contribution in [0.4, 0.5) is 0 Å². The van der Waals surface area contributed by atoms with Crippen molar-refractivity contribution >= 4 is 17.5 Å². The van der Waals surface area contributed by atoms with Gasteiger partial charge in [-0.05, 0) is 42.2 Å². The highest BCUT2D eigenvalue weighted by atomic mass is 16.7. The average molecular weight is 297 g/mol. The second kappa shape index (κ2) is 6.10. The lowest BCUT2D eigenvalue weighted by atomic mass is 9.81. The molecule has 0 saturated heterocycles. The fraction of sp³-hybridized carbons (Fsp3) is 0.278. The Labute approximate surface area is 130 Å². The Morgan fingerprint density at radius 3 is 2.45 bits per heavy atom. The van der Waals surface area contributed by atoms with E-state index in [1.165, 1.54) is 6.08 Å². The van der Waals surface area contributed by atoms with Gasteiger partial charge in [-0.25, -0.2) is 4.79 Å². The molecule has 0 amide bonds. The maximum atomic E-state index is 12.0. The lowest BCUT2D eigenvalue weighted by molar-refractivity contribution is -0.112. The highest BCUT2D eigenvalue weighted by Gasteiger charge is 2.24. The molecule has 0 saturated carbocycles. The van der Waals surface area contributed by atoms with E-state index in [-0.39, 0.29) is 11.2 Å². The molecule has 1 aliphatic carbocycles. The van der Waals surface area contributed by atoms with Crippen LogP contribution in [-0.4, -0.2) is 17.5 Å². The first-order chi connectivity index (χ1) is 10.3. The molecule has 0 spiro atoms. The molecular weight excluding hydrogens is 278 g/mol. The third kappa shape index (κ3) is 3.58. The van der Waals surface area contributed by atoms with Crippen LogP contribution in [0, 0.1) is 12.3 Å². The van der Waals surface area contributed by atoms with Gasteiger partial charge in [0.25, 0.3) is 0 Å². The monoisotopic (exact) mass is 297 g/mol. The molecular formula is C18H19NO3. The van der Waals surface area contributed by atoms with Crippen molar-refractivity contribution in [2.24, 2.45) is 10.6 Å². The summed E-state index contributed by atoms with van der Waals surface area (Å²) in [6, 6.07) is 7.15. The Morgan fingerprint density at radius 2 is 1.82 bits per heavy atom. The van der Waals surface area contributed by atoms with Crippen molar-refractivity contribution in [2.75, 3.05) is 0 Å². The fourth-order valence-electron chi connectivity index (χ4n) is 2.11. The third-order valence-electron chi connectivity index (χ3n) is 3.37. The van der Waals surface area contributed by atoms with E-state index in [9.17, 15) is 9.59 Å². The Balaban J connectivity index is 2.19. The van der Waals surface area contributed by atoms with E-state index in [1.807, 2.05) is 39.8 Å². The van der Waals surface area contributed by atoms with Gasteiger partial charge in [0.2, 0.25) is 0 Å². The minimum Gasteiger partial charge on any atom is -0.312 e. The molecule has 0 unspecified atom stereocenters. The van der Waals surface area contributed by atoms with Gasteiger partial charge in [0, 0.05) is 5.57 Å². The topological polar surface area (TPSA) is 55.7 Å². The van der Waals surface area contributed by atoms with E-state index in [2.05, 4.69) is 5.16 Å². The SMILES string of the molecule is Cc1ccccc1C(=O)O/N=C1/C=CC(=O)C(C(C)(C)C)=C1. The number of ketones is 1. The van der Waals surface area contributed by atoms with Crippen LogP contribution in [0.25, 0.3) is 0 Å². The molecule has 1 aliphatic rings. The summed E-state index contributed by atoms with van der Waals surface area (Å²) in [6.45, 7) is 7.69. The minimum absolute atomic E-state index is 0.0447. The summed E-state index contributed by atoms with van der Waals surface area (Å²) in [6.07, 6.45) is 4.65. The zero-order valence-electron chi connectivity index (χ0n) is 13.2. The molecule has 0 fully saturated rings. The Hall–Kier alpha value is -2.49. The highest BCUT2D eigenvalue weighted by molar-refractivity contribution is 6.19. The summed E-state index contributed by atoms with van der Waals surface area (Å²) in [7, 11) is 0. The lowest BCUT2D eigenvalue weighted by Gasteiger charge is -2.22. The number of rotatable bonds is 2. The summed E-state index contributed by atoms with van der Waals surface area (Å²) in [5, 5.41) is 3.85. The highest BCUT2D eigenvalue weighted by Crippen LogP contribution is 2.28. The second-order valence-corrected chi connectivity index (χ2v) is 6.22. The second-order valence-electron chi connectivity index (χ2n) is 6.22. The third-order valence-corrected chi connectivity index (χ3v) is 3.37. The molecule has 0 radical (unpaired) electrons. The van der Waals surface area contributed by atoms with Gasteiger partial charge in [-0.3, -0.25) is 4.79 Å². The van der Waals surface area contributed by atoms with E-state index >= 15 is 0 Å². The van der Waals surface area contributed by atoms with Crippen molar-refractivity contribution < 1.29 is 14.4 Å². The quantitative estimate of drug-likeness (QED) is 0.476. The molecule has 4 nitrogen and oxygen atoms in total. The van der Waals surface area contributed by atoms with Gasteiger partial charge in [0.15, 0.2) is 5.78 Å². The molecule has 0 aromatic heterocycles. The Bertz CT molecular complexity index is 703. The lowest BCUT2D eigenvalue weighted by Crippen LogP contribution is -2.20. The van der Waals surface area contributed by atoms with Crippen molar-refractivity contribution in [3.63, 3.8) is 0 Å². The van der Waals surface area contributed by atoms with Gasteiger partial charge < -0.3 is 4.84 Å². The van der Waals surface area contributed by atoms with Crippen molar-refractivity contribution in [1.29, 1.82) is 0 Å². The molecule has 114 valence electrons. The molecule has 0 bridgehead atoms. The molecule has 0 atom stereocenters. The number of carbonyl (C=O) groups excluding carboxylic acids is 2. The number of oxime groups is 1. The number of hydrogen-bond donors (Lipinski definition) is 0. The first-order valence-corrected chi connectivity index (χ1v) is 7.08. The van der Waals surface area contributed by atoms with Crippen LogP contribution >= 0.6 is 0 Å². The number of nitrogens with zero attached hydrogens (tertiary/aromatic N) is 1. The van der Waals surface area contributed by atoms with Crippen LogP contribution in [-0.2, 0) is 9.63 Å². The zero-order valence-corrected chi connectivity index (χ0v) is 13.2. The number of benzene rings is 1. The van der Waals surface area contributed by atoms with Crippen LogP contribution in [0.1, 0.15) is 36.7 Å². The summed E-state index contributed by atoms with van der Waals surface area (Å²) < 4.78 is 0. The molecule has 1 aromatic rings.